The Morgan fingerprint density at radius 3 is 2.37 bits per heavy atom. The molecule has 4 aromatic rings. The Labute approximate surface area is 201 Å². The topological polar surface area (TPSA) is 157 Å². The summed E-state index contributed by atoms with van der Waals surface area (Å²) in [6.07, 6.45) is -1.34. The summed E-state index contributed by atoms with van der Waals surface area (Å²) < 4.78 is 59.9. The predicted octanol–water partition coefficient (Wildman–Crippen LogP) is 5.69. The van der Waals surface area contributed by atoms with E-state index in [2.05, 4.69) is 25.5 Å². The van der Waals surface area contributed by atoms with Crippen molar-refractivity contribution < 1.29 is 32.0 Å². The maximum atomic E-state index is 13.5. The number of nitrogens with zero attached hydrogens (tertiary/aromatic N) is 4. The average Bonchev–Trinajstić information content (AvgIpc) is 2.76. The van der Waals surface area contributed by atoms with Crippen LogP contribution in [0.5, 0.6) is 11.5 Å². The number of hydrogen-bond acceptors (Lipinski definition) is 9. The summed E-state index contributed by atoms with van der Waals surface area (Å²) in [7, 11) is -4.65. The molecule has 35 heavy (non-hydrogen) atoms. The van der Waals surface area contributed by atoms with Gasteiger partial charge in [-0.05, 0) is 42.1 Å². The summed E-state index contributed by atoms with van der Waals surface area (Å²) in [5.41, 5.74) is 0.514. The van der Waals surface area contributed by atoms with Crippen LogP contribution in [0.25, 0.3) is 10.8 Å². The second-order valence-electron chi connectivity index (χ2n) is 7.24. The molecule has 0 fully saturated rings. The number of aromatic hydroxyl groups is 2. The summed E-state index contributed by atoms with van der Waals surface area (Å²) in [4.78, 5) is 5.71. The number of benzene rings is 3. The van der Waals surface area contributed by atoms with E-state index < -0.39 is 43.6 Å². The Bertz CT molecular complexity index is 1630. The SMILES string of the molecule is Cc1cc(S(=O)(=O)O)c2c(O)c(N=Nc3ccc(Nc4nc(F)nc(F)c4Cl)cc3O)ccc2c1. The minimum Gasteiger partial charge on any atom is -0.506 e. The van der Waals surface area contributed by atoms with Gasteiger partial charge in [-0.1, -0.05) is 23.7 Å². The number of phenolic OH excluding ortho intramolecular Hbond substituents is 2. The van der Waals surface area contributed by atoms with Gasteiger partial charge < -0.3 is 15.5 Å². The lowest BCUT2D eigenvalue weighted by molar-refractivity contribution is 0.474. The number of aryl methyl sites for hydroxylation is 1. The quantitative estimate of drug-likeness (QED) is 0.113. The van der Waals surface area contributed by atoms with E-state index in [0.717, 1.165) is 6.07 Å². The number of halogens is 3. The Hall–Kier alpha value is -3.94. The Morgan fingerprint density at radius 1 is 1.00 bits per heavy atom. The van der Waals surface area contributed by atoms with Crippen molar-refractivity contribution in [3.05, 3.63) is 65.1 Å². The first-order chi connectivity index (χ1) is 16.4. The molecule has 0 spiro atoms. The van der Waals surface area contributed by atoms with E-state index in [1.807, 2.05) is 0 Å². The molecular weight excluding hydrogens is 508 g/mol. The fourth-order valence-electron chi connectivity index (χ4n) is 3.23. The zero-order valence-electron chi connectivity index (χ0n) is 17.5. The zero-order chi connectivity index (χ0) is 25.5. The number of rotatable bonds is 5. The number of azo groups is 1. The van der Waals surface area contributed by atoms with Gasteiger partial charge in [-0.3, -0.25) is 4.55 Å². The third-order valence-corrected chi connectivity index (χ3v) is 5.95. The van der Waals surface area contributed by atoms with E-state index in [-0.39, 0.29) is 28.3 Å². The van der Waals surface area contributed by atoms with Crippen molar-refractivity contribution in [2.45, 2.75) is 11.8 Å². The summed E-state index contributed by atoms with van der Waals surface area (Å²) in [6, 6.07) is 9.52. The number of hydrogen-bond donors (Lipinski definition) is 4. The molecule has 1 aromatic heterocycles. The molecule has 0 atom stereocenters. The first-order valence-electron chi connectivity index (χ1n) is 9.58. The molecule has 0 aliphatic rings. The van der Waals surface area contributed by atoms with Gasteiger partial charge in [0.1, 0.15) is 27.0 Å². The summed E-state index contributed by atoms with van der Waals surface area (Å²) in [6.45, 7) is 1.63. The van der Waals surface area contributed by atoms with Crippen LogP contribution in [0.3, 0.4) is 0 Å². The van der Waals surface area contributed by atoms with Gasteiger partial charge in [0.05, 0.1) is 0 Å². The van der Waals surface area contributed by atoms with E-state index >= 15 is 0 Å². The van der Waals surface area contributed by atoms with Crippen LogP contribution in [-0.2, 0) is 10.1 Å². The predicted molar refractivity (Wildman–Crippen MR) is 123 cm³/mol. The molecular formula is C21H14ClF2N5O5S. The molecule has 0 aliphatic heterocycles. The molecule has 0 saturated heterocycles. The van der Waals surface area contributed by atoms with Crippen LogP contribution < -0.4 is 5.32 Å². The highest BCUT2D eigenvalue weighted by Crippen LogP contribution is 2.40. The number of aromatic nitrogens is 2. The molecule has 1 heterocycles. The first kappa shape index (κ1) is 24.2. The van der Waals surface area contributed by atoms with E-state index in [4.69, 9.17) is 11.6 Å². The summed E-state index contributed by atoms with van der Waals surface area (Å²) >= 11 is 5.71. The molecule has 0 radical (unpaired) electrons. The normalized spacial score (nSPS) is 11.9. The molecule has 4 rings (SSSR count). The molecule has 0 bridgehead atoms. The summed E-state index contributed by atoms with van der Waals surface area (Å²) in [5.74, 6) is -2.58. The van der Waals surface area contributed by atoms with Crippen molar-refractivity contribution in [1.82, 2.24) is 9.97 Å². The third kappa shape index (κ3) is 4.96. The number of nitrogens with one attached hydrogen (secondary N) is 1. The molecule has 0 aliphatic carbocycles. The highest BCUT2D eigenvalue weighted by atomic mass is 35.5. The lowest BCUT2D eigenvalue weighted by atomic mass is 10.1. The highest BCUT2D eigenvalue weighted by molar-refractivity contribution is 7.86. The van der Waals surface area contributed by atoms with Crippen molar-refractivity contribution in [2.24, 2.45) is 10.2 Å². The van der Waals surface area contributed by atoms with Gasteiger partial charge in [0, 0.05) is 17.1 Å². The molecule has 0 amide bonds. The van der Waals surface area contributed by atoms with E-state index in [1.54, 1.807) is 13.0 Å². The molecule has 4 N–H and O–H groups in total. The Balaban J connectivity index is 1.67. The molecule has 3 aromatic carbocycles. The van der Waals surface area contributed by atoms with Crippen LogP contribution >= 0.6 is 11.6 Å². The van der Waals surface area contributed by atoms with E-state index in [9.17, 15) is 32.0 Å². The minimum absolute atomic E-state index is 0.0555. The second kappa shape index (κ2) is 9.02. The van der Waals surface area contributed by atoms with Gasteiger partial charge in [-0.15, -0.1) is 10.2 Å². The second-order valence-corrected chi connectivity index (χ2v) is 9.01. The van der Waals surface area contributed by atoms with Crippen molar-refractivity contribution in [3.8, 4) is 11.5 Å². The van der Waals surface area contributed by atoms with Crippen molar-refractivity contribution in [2.75, 3.05) is 5.32 Å². The van der Waals surface area contributed by atoms with E-state index in [0.29, 0.717) is 10.9 Å². The fourth-order valence-corrected chi connectivity index (χ4v) is 4.17. The van der Waals surface area contributed by atoms with Gasteiger partial charge >= 0.3 is 6.08 Å². The van der Waals surface area contributed by atoms with Crippen LogP contribution in [0.15, 0.2) is 57.6 Å². The third-order valence-electron chi connectivity index (χ3n) is 4.74. The number of phenols is 2. The highest BCUT2D eigenvalue weighted by Gasteiger charge is 2.20. The molecule has 0 unspecified atom stereocenters. The van der Waals surface area contributed by atoms with Crippen molar-refractivity contribution in [3.63, 3.8) is 0 Å². The lowest BCUT2D eigenvalue weighted by Gasteiger charge is -2.10. The van der Waals surface area contributed by atoms with Gasteiger partial charge in [0.2, 0.25) is 5.95 Å². The molecule has 180 valence electrons. The molecule has 14 heteroatoms. The molecule has 0 saturated carbocycles. The molecule has 10 nitrogen and oxygen atoms in total. The first-order valence-corrected chi connectivity index (χ1v) is 11.4. The van der Waals surface area contributed by atoms with Crippen LogP contribution in [0.1, 0.15) is 5.56 Å². The Kier molecular flexibility index (Phi) is 6.23. The van der Waals surface area contributed by atoms with Gasteiger partial charge in [-0.2, -0.15) is 27.2 Å². The van der Waals surface area contributed by atoms with Crippen LogP contribution in [-0.4, -0.2) is 33.2 Å². The minimum atomic E-state index is -4.65. The maximum Gasteiger partial charge on any atom is 0.313 e. The zero-order valence-corrected chi connectivity index (χ0v) is 19.1. The smallest absolute Gasteiger partial charge is 0.313 e. The largest absolute Gasteiger partial charge is 0.506 e. The fraction of sp³-hybridized carbons (Fsp3) is 0.0476. The van der Waals surface area contributed by atoms with Crippen LogP contribution in [0.4, 0.5) is 31.7 Å². The van der Waals surface area contributed by atoms with Gasteiger partial charge in [-0.25, -0.2) is 0 Å². The summed E-state index contributed by atoms with van der Waals surface area (Å²) in [5, 5.41) is 30.8. The maximum absolute atomic E-state index is 13.5. The average molecular weight is 522 g/mol. The van der Waals surface area contributed by atoms with Crippen molar-refractivity contribution >= 4 is 55.4 Å². The standard InChI is InChI=1S/C21H14ClF2N5O5S/c1-9-6-10-2-4-13(18(31)16(10)15(7-9)35(32,33)34)29-28-12-5-3-11(8-14(12)30)25-20-17(22)19(23)26-21(24)27-20/h2-8,30-31H,1H3,(H,25,26,27)(H,32,33,34). The van der Waals surface area contributed by atoms with Gasteiger partial charge in [0.15, 0.2) is 11.6 Å². The number of anilines is 2. The monoisotopic (exact) mass is 521 g/mol. The Morgan fingerprint density at radius 2 is 1.69 bits per heavy atom. The van der Waals surface area contributed by atoms with Crippen LogP contribution in [0, 0.1) is 18.9 Å². The van der Waals surface area contributed by atoms with Crippen LogP contribution in [0.2, 0.25) is 5.02 Å². The van der Waals surface area contributed by atoms with E-state index in [1.165, 1.54) is 30.3 Å². The van der Waals surface area contributed by atoms with Gasteiger partial charge in [0.25, 0.3) is 10.1 Å². The number of fused-ring (bicyclic) bond motifs is 1. The van der Waals surface area contributed by atoms with Crippen molar-refractivity contribution in [1.29, 1.82) is 0 Å². The lowest BCUT2D eigenvalue weighted by Crippen LogP contribution is -2.01.